The number of benzene rings is 5. The number of anilines is 1. The van der Waals surface area contributed by atoms with Gasteiger partial charge in [-0.3, -0.25) is 14.6 Å². The number of nitrogens with zero attached hydrogens (tertiary/aromatic N) is 8. The standard InChI is InChI=1S/C48H54FN9O5.C15H12F3NO2/c1-5-36-39(49)13-12-31-19-34(59)21-37(41(31)36)42-45(43-38(23-51-42)46(57-24-32-20-33(57)22-50-32)53-48(52-43)63-35-14-17-61-18-15-35)62-26-29-8-10-30(11-9-29)40-25-58(55-54-40)44(27(2)3)47(60)56-16-6-7-28(56)4;16-11-5-12(17)15(13(18)6-11)10-3-1-9(2-4-10)14(7-20)19-8-21/h8-13,19,21,23,25,27-28,32-33,35,44,50,59H,5-7,14-18,20,22,24,26H2,1-4H3;1-6,8,14,20H,7H2,(H,19,21). The Kier molecular flexibility index (Phi) is 17.1. The number of fused-ring (bicyclic) bond motifs is 4. The zero-order chi connectivity index (χ0) is 58.8. The third kappa shape index (κ3) is 11.8. The number of hydrogen-bond donors (Lipinski definition) is 4. The number of pyridine rings is 1. The number of hydrogen-bond acceptors (Lipinski definition) is 14. The minimum atomic E-state index is -0.995. The molecule has 17 nitrogen and oxygen atoms in total. The minimum absolute atomic E-state index is 0.0220. The van der Waals surface area contributed by atoms with Gasteiger partial charge in [0.1, 0.15) is 70.5 Å². The van der Waals surface area contributed by atoms with Crippen molar-refractivity contribution in [1.29, 1.82) is 0 Å². The number of likely N-dealkylation sites (tertiary alicyclic amines) is 1. The number of aliphatic hydroxyl groups is 1. The van der Waals surface area contributed by atoms with Crippen LogP contribution >= 0.6 is 0 Å². The molecule has 438 valence electrons. The molecule has 4 saturated heterocycles. The molecule has 84 heavy (non-hydrogen) atoms. The van der Waals surface area contributed by atoms with Gasteiger partial charge in [0.25, 0.3) is 0 Å². The lowest BCUT2D eigenvalue weighted by molar-refractivity contribution is -0.137. The number of rotatable bonds is 17. The summed E-state index contributed by atoms with van der Waals surface area (Å²) in [5, 5.41) is 37.2. The lowest BCUT2D eigenvalue weighted by Crippen LogP contribution is -2.44. The number of carbonyl (C=O) groups is 2. The maximum Gasteiger partial charge on any atom is 0.319 e. The summed E-state index contributed by atoms with van der Waals surface area (Å²) in [6.45, 7) is 11.5. The largest absolute Gasteiger partial charge is 0.508 e. The molecule has 21 heteroatoms. The van der Waals surface area contributed by atoms with Gasteiger partial charge in [-0.25, -0.2) is 22.2 Å². The maximum absolute atomic E-state index is 15.6. The molecule has 0 spiro atoms. The van der Waals surface area contributed by atoms with Crippen LogP contribution in [0.4, 0.5) is 23.4 Å². The molecule has 0 saturated carbocycles. The predicted octanol–water partition coefficient (Wildman–Crippen LogP) is 9.96. The Morgan fingerprint density at radius 2 is 1.69 bits per heavy atom. The fraction of sp³-hybridized carbons (Fsp3) is 0.381. The van der Waals surface area contributed by atoms with Crippen molar-refractivity contribution < 1.29 is 51.6 Å². The molecule has 8 aromatic rings. The van der Waals surface area contributed by atoms with E-state index in [-0.39, 0.29) is 71.9 Å². The summed E-state index contributed by atoms with van der Waals surface area (Å²) >= 11 is 0. The van der Waals surface area contributed by atoms with Gasteiger partial charge in [-0.1, -0.05) is 80.6 Å². The Morgan fingerprint density at radius 3 is 2.35 bits per heavy atom. The molecule has 0 radical (unpaired) electrons. The molecule has 2 bridgehead atoms. The number of aryl methyl sites for hydroxylation is 1. The summed E-state index contributed by atoms with van der Waals surface area (Å²) < 4.78 is 76.5. The van der Waals surface area contributed by atoms with Crippen molar-refractivity contribution in [3.8, 4) is 51.2 Å². The van der Waals surface area contributed by atoms with Gasteiger partial charge in [0, 0.05) is 80.1 Å². The summed E-state index contributed by atoms with van der Waals surface area (Å²) in [5.74, 6) is -2.06. The number of nitrogens with one attached hydrogen (secondary N) is 2. The second-order valence-corrected chi connectivity index (χ2v) is 22.2. The molecule has 4 aliphatic rings. The van der Waals surface area contributed by atoms with E-state index in [1.165, 1.54) is 30.3 Å². The number of halogens is 4. The van der Waals surface area contributed by atoms with Crippen LogP contribution in [0.2, 0.25) is 0 Å². The summed E-state index contributed by atoms with van der Waals surface area (Å²) in [7, 11) is 0. The van der Waals surface area contributed by atoms with E-state index in [4.69, 9.17) is 34.3 Å². The molecular formula is C63H66F4N10O7. The van der Waals surface area contributed by atoms with Gasteiger partial charge >= 0.3 is 6.01 Å². The van der Waals surface area contributed by atoms with E-state index in [1.54, 1.807) is 29.1 Å². The van der Waals surface area contributed by atoms with E-state index in [9.17, 15) is 27.9 Å². The average Bonchev–Trinajstić information content (AvgIpc) is 3.73. The lowest BCUT2D eigenvalue weighted by atomic mass is 9.94. The molecular weight excluding hydrogens is 1080 g/mol. The first-order valence-electron chi connectivity index (χ1n) is 28.6. The second-order valence-electron chi connectivity index (χ2n) is 22.2. The van der Waals surface area contributed by atoms with Crippen molar-refractivity contribution in [3.05, 3.63) is 137 Å². The molecule has 5 atom stereocenters. The number of carbonyl (C=O) groups excluding carboxylic acids is 2. The molecule has 4 N–H and O–H groups in total. The Hall–Kier alpha value is -8.27. The average molecular weight is 1150 g/mol. The topological polar surface area (TPSA) is 202 Å². The number of aromatic nitrogens is 6. The highest BCUT2D eigenvalue weighted by atomic mass is 19.1. The first-order chi connectivity index (χ1) is 40.7. The van der Waals surface area contributed by atoms with Crippen molar-refractivity contribution in [2.75, 3.05) is 44.4 Å². The zero-order valence-electron chi connectivity index (χ0n) is 47.1. The van der Waals surface area contributed by atoms with Gasteiger partial charge in [0.2, 0.25) is 12.3 Å². The highest BCUT2D eigenvalue weighted by Gasteiger charge is 2.40. The predicted molar refractivity (Wildman–Crippen MR) is 308 cm³/mol. The van der Waals surface area contributed by atoms with Gasteiger partial charge in [0.05, 0.1) is 43.0 Å². The number of piperazine rings is 1. The molecule has 4 fully saturated rings. The van der Waals surface area contributed by atoms with Crippen LogP contribution in [0.25, 0.3) is 55.3 Å². The monoisotopic (exact) mass is 1150 g/mol. The zero-order valence-corrected chi connectivity index (χ0v) is 47.1. The molecule has 12 rings (SSSR count). The summed E-state index contributed by atoms with van der Waals surface area (Å²) in [6.07, 6.45) is 8.89. The Bertz CT molecular complexity index is 3670. The van der Waals surface area contributed by atoms with Gasteiger partial charge in [-0.05, 0) is 89.8 Å². The SMILES string of the molecule is CCc1c(F)ccc2cc(O)cc(-c3ncc4c(N5CC6CC5CN6)nc(OC5CCOCC5)nc4c3OCc3ccc(-c4cn(C(C(=O)N5CCCC5C)C(C)C)nn4)cc3)c12.O=CNC(CO)c1ccc(-c2c(F)cc(F)cc2F)cc1. The number of aliphatic hydroxyl groups excluding tert-OH is 1. The molecule has 7 heterocycles. The van der Waals surface area contributed by atoms with Crippen LogP contribution in [0.5, 0.6) is 17.5 Å². The second kappa shape index (κ2) is 24.9. The van der Waals surface area contributed by atoms with Crippen LogP contribution in [-0.4, -0.2) is 121 Å². The minimum Gasteiger partial charge on any atom is -0.508 e. The van der Waals surface area contributed by atoms with E-state index < -0.39 is 29.5 Å². The lowest BCUT2D eigenvalue weighted by Gasteiger charge is -2.30. The third-order valence-corrected chi connectivity index (χ3v) is 16.4. The molecule has 2 amide bonds. The smallest absolute Gasteiger partial charge is 0.319 e. The summed E-state index contributed by atoms with van der Waals surface area (Å²) in [6, 6.07) is 21.4. The number of phenolic OH excluding ortho intramolecular Hbond substituents is 1. The van der Waals surface area contributed by atoms with Crippen LogP contribution in [0.1, 0.15) is 88.6 Å². The Morgan fingerprint density at radius 1 is 0.940 bits per heavy atom. The van der Waals surface area contributed by atoms with Crippen molar-refractivity contribution in [1.82, 2.24) is 45.5 Å². The first kappa shape index (κ1) is 57.5. The molecule has 0 aliphatic carbocycles. The first-order valence-corrected chi connectivity index (χ1v) is 28.6. The Labute approximate surface area is 483 Å². The summed E-state index contributed by atoms with van der Waals surface area (Å²) in [5.41, 5.74) is 4.85. The molecule has 5 unspecified atom stereocenters. The van der Waals surface area contributed by atoms with Gasteiger partial charge in [-0.2, -0.15) is 9.97 Å². The van der Waals surface area contributed by atoms with Crippen LogP contribution in [0.3, 0.4) is 0 Å². The third-order valence-electron chi connectivity index (χ3n) is 16.4. The molecule has 5 aromatic carbocycles. The molecule has 4 aliphatic heterocycles. The number of ether oxygens (including phenoxy) is 3. The van der Waals surface area contributed by atoms with Crippen LogP contribution in [-0.2, 0) is 27.4 Å². The van der Waals surface area contributed by atoms with Crippen molar-refractivity contribution >= 4 is 39.8 Å². The van der Waals surface area contributed by atoms with E-state index in [1.807, 2.05) is 56.1 Å². The normalized spacial score (nSPS) is 18.5. The van der Waals surface area contributed by atoms with Gasteiger partial charge < -0.3 is 44.9 Å². The number of phenols is 1. The number of amides is 2. The number of aromatic hydroxyl groups is 1. The highest BCUT2D eigenvalue weighted by Crippen LogP contribution is 2.45. The van der Waals surface area contributed by atoms with E-state index in [0.29, 0.717) is 99.7 Å². The highest BCUT2D eigenvalue weighted by molar-refractivity contribution is 6.04. The van der Waals surface area contributed by atoms with E-state index in [0.717, 1.165) is 68.7 Å². The molecule has 3 aromatic heterocycles. The Balaban J connectivity index is 0.000000296. The quantitative estimate of drug-likeness (QED) is 0.0496. The fourth-order valence-electron chi connectivity index (χ4n) is 12.1. The van der Waals surface area contributed by atoms with Crippen molar-refractivity contribution in [3.63, 3.8) is 0 Å². The van der Waals surface area contributed by atoms with Crippen molar-refractivity contribution in [2.45, 2.75) is 109 Å². The van der Waals surface area contributed by atoms with Gasteiger partial charge in [-0.15, -0.1) is 5.10 Å². The van der Waals surface area contributed by atoms with Crippen LogP contribution in [0, 0.1) is 29.2 Å². The van der Waals surface area contributed by atoms with Crippen LogP contribution in [0.15, 0.2) is 97.3 Å². The maximum atomic E-state index is 15.6. The van der Waals surface area contributed by atoms with Gasteiger partial charge in [0.15, 0.2) is 5.75 Å². The summed E-state index contributed by atoms with van der Waals surface area (Å²) in [4.78, 5) is 43.6. The van der Waals surface area contributed by atoms with Crippen molar-refractivity contribution in [2.24, 2.45) is 5.92 Å². The van der Waals surface area contributed by atoms with E-state index >= 15 is 4.39 Å². The van der Waals surface area contributed by atoms with Crippen LogP contribution < -0.4 is 25.0 Å². The fourth-order valence-corrected chi connectivity index (χ4v) is 12.1. The van der Waals surface area contributed by atoms with E-state index in [2.05, 4.69) is 32.8 Å².